The molecule has 2 aliphatic rings. The number of piperidine rings is 1. The summed E-state index contributed by atoms with van der Waals surface area (Å²) in [6.07, 6.45) is 8.13. The predicted molar refractivity (Wildman–Crippen MR) is 180 cm³/mol. The van der Waals surface area contributed by atoms with E-state index in [0.717, 1.165) is 66.5 Å². The summed E-state index contributed by atoms with van der Waals surface area (Å²) in [5, 5.41) is 15.7. The molecular weight excluding hydrogens is 590 g/mol. The third kappa shape index (κ3) is 8.10. The minimum atomic E-state index is -1.17. The summed E-state index contributed by atoms with van der Waals surface area (Å²) >= 11 is 0. The quantitative estimate of drug-likeness (QED) is 0.161. The average molecular weight is 633 g/mol. The fourth-order valence-corrected chi connectivity index (χ4v) is 6.81. The van der Waals surface area contributed by atoms with Crippen LogP contribution in [-0.2, 0) is 17.8 Å². The van der Waals surface area contributed by atoms with Gasteiger partial charge in [0.1, 0.15) is 12.1 Å². The Hall–Kier alpha value is -4.89. The van der Waals surface area contributed by atoms with Crippen LogP contribution in [0.2, 0.25) is 0 Å². The van der Waals surface area contributed by atoms with E-state index in [2.05, 4.69) is 33.4 Å². The number of aromatic amines is 1. The third-order valence-corrected chi connectivity index (χ3v) is 9.51. The molecule has 3 aromatic carbocycles. The Bertz CT molecular complexity index is 1680. The summed E-state index contributed by atoms with van der Waals surface area (Å²) in [5.74, 6) is 0.252. The zero-order chi connectivity index (χ0) is 32.6. The molecule has 244 valence electrons. The number of likely N-dealkylation sites (tertiary alicyclic amines) is 1. The van der Waals surface area contributed by atoms with Gasteiger partial charge in [-0.2, -0.15) is 0 Å². The number of amides is 4. The average Bonchev–Trinajstić information content (AvgIpc) is 3.62. The van der Waals surface area contributed by atoms with Gasteiger partial charge in [0, 0.05) is 49.1 Å². The molecule has 0 spiro atoms. The van der Waals surface area contributed by atoms with Crippen molar-refractivity contribution >= 4 is 28.9 Å². The van der Waals surface area contributed by atoms with Crippen molar-refractivity contribution in [2.45, 2.75) is 44.2 Å². The minimum absolute atomic E-state index is 0.0237. The molecule has 2 fully saturated rings. The van der Waals surface area contributed by atoms with Crippen LogP contribution in [0.25, 0.3) is 10.9 Å². The van der Waals surface area contributed by atoms with Gasteiger partial charge in [0.2, 0.25) is 0 Å². The van der Waals surface area contributed by atoms with Gasteiger partial charge in [0.05, 0.1) is 0 Å². The molecule has 2 atom stereocenters. The number of allylic oxidation sites excluding steroid dienone is 1. The molecule has 0 saturated carbocycles. The fraction of sp³-hybridized carbons (Fsp3) is 0.342. The number of para-hydroxylation sites is 1. The number of carbonyl (C=O) groups excluding carboxylic acids is 3. The number of hydrogen-bond donors (Lipinski definition) is 2. The predicted octanol–water partition coefficient (Wildman–Crippen LogP) is 4.92. The van der Waals surface area contributed by atoms with Crippen molar-refractivity contribution in [1.82, 2.24) is 25.0 Å². The highest BCUT2D eigenvalue weighted by molar-refractivity contribution is 6.04. The second-order valence-corrected chi connectivity index (χ2v) is 12.7. The topological polar surface area (TPSA) is 112 Å². The summed E-state index contributed by atoms with van der Waals surface area (Å²) in [5.41, 5.74) is 4.09. The summed E-state index contributed by atoms with van der Waals surface area (Å²) in [4.78, 5) is 46.7. The first kappa shape index (κ1) is 32.1. The Morgan fingerprint density at radius 1 is 0.957 bits per heavy atom. The molecule has 0 radical (unpaired) electrons. The maximum Gasteiger partial charge on any atom is 0.324 e. The summed E-state index contributed by atoms with van der Waals surface area (Å²) in [7, 11) is 0. The number of nitrogens with zero attached hydrogens (tertiary/aromatic N) is 3. The molecule has 1 aromatic heterocycles. The van der Waals surface area contributed by atoms with Crippen LogP contribution in [0, 0.1) is 5.92 Å². The van der Waals surface area contributed by atoms with Crippen molar-refractivity contribution in [3.8, 4) is 0 Å². The van der Waals surface area contributed by atoms with E-state index in [1.807, 2.05) is 85.1 Å². The molecule has 3 heterocycles. The zero-order valence-electron chi connectivity index (χ0n) is 26.6. The number of aromatic nitrogens is 1. The van der Waals surface area contributed by atoms with Gasteiger partial charge in [0.25, 0.3) is 5.91 Å². The molecule has 1 unspecified atom stereocenters. The highest BCUT2D eigenvalue weighted by atomic mass is 16.4. The van der Waals surface area contributed by atoms with Crippen molar-refractivity contribution in [2.75, 3.05) is 32.7 Å². The van der Waals surface area contributed by atoms with Gasteiger partial charge in [-0.1, -0.05) is 91.0 Å². The summed E-state index contributed by atoms with van der Waals surface area (Å²) in [6, 6.07) is 26.8. The lowest BCUT2D eigenvalue weighted by atomic mass is 9.93. The van der Waals surface area contributed by atoms with Crippen LogP contribution in [-0.4, -0.2) is 76.5 Å². The highest BCUT2D eigenvalue weighted by Crippen LogP contribution is 2.27. The van der Waals surface area contributed by atoms with E-state index >= 15 is 0 Å². The maximum atomic E-state index is 13.5. The third-order valence-electron chi connectivity index (χ3n) is 9.51. The van der Waals surface area contributed by atoms with Crippen molar-refractivity contribution in [3.05, 3.63) is 120 Å². The van der Waals surface area contributed by atoms with E-state index in [9.17, 15) is 19.5 Å². The van der Waals surface area contributed by atoms with E-state index in [0.29, 0.717) is 32.0 Å². The van der Waals surface area contributed by atoms with Gasteiger partial charge in [-0.15, -0.1) is 0 Å². The van der Waals surface area contributed by atoms with Crippen LogP contribution in [0.1, 0.15) is 41.9 Å². The highest BCUT2D eigenvalue weighted by Gasteiger charge is 2.39. The normalized spacial score (nSPS) is 18.2. The van der Waals surface area contributed by atoms with E-state index in [1.165, 1.54) is 9.80 Å². The number of urea groups is 1. The van der Waals surface area contributed by atoms with Crippen molar-refractivity contribution in [1.29, 1.82) is 0 Å². The van der Waals surface area contributed by atoms with E-state index in [-0.39, 0.29) is 17.9 Å². The summed E-state index contributed by atoms with van der Waals surface area (Å²) in [6.45, 7) is 3.72. The molecule has 0 bridgehead atoms. The smallest absolute Gasteiger partial charge is 0.324 e. The number of carboxylic acid groups (broad SMARTS) is 1. The van der Waals surface area contributed by atoms with Crippen LogP contribution in [0.3, 0.4) is 0 Å². The van der Waals surface area contributed by atoms with Gasteiger partial charge in [0.15, 0.2) is 0 Å². The lowest BCUT2D eigenvalue weighted by Gasteiger charge is -2.32. The van der Waals surface area contributed by atoms with Crippen molar-refractivity contribution < 1.29 is 19.5 Å². The van der Waals surface area contributed by atoms with Crippen LogP contribution in [0.4, 0.5) is 9.59 Å². The van der Waals surface area contributed by atoms with Crippen LogP contribution < -0.4 is 10.4 Å². The van der Waals surface area contributed by atoms with Gasteiger partial charge < -0.3 is 30.0 Å². The first-order valence-electron chi connectivity index (χ1n) is 16.6. The maximum absolute atomic E-state index is 13.5. The largest absolute Gasteiger partial charge is 0.530 e. The molecule has 9 nitrogen and oxygen atoms in total. The minimum Gasteiger partial charge on any atom is -0.530 e. The Morgan fingerprint density at radius 3 is 2.40 bits per heavy atom. The second kappa shape index (κ2) is 15.1. The number of rotatable bonds is 13. The second-order valence-electron chi connectivity index (χ2n) is 12.7. The van der Waals surface area contributed by atoms with E-state index in [4.69, 9.17) is 0 Å². The standard InChI is InChI=1S/C38H43N5O4/c44-36-35(24-32-25-39-34-16-8-7-15-33(32)34)40-37(45)43(36)27-31(30-13-5-2-6-14-30)19-23-41-21-17-28(18-22-41)12-9-20-42(38(46)47)26-29-10-3-1-4-11-29/h1-16,25,28,31,35,39H,17-24,26-27H2,(H,40,45)(H,46,47)/p-1/t31?,35-/m1/s1. The molecule has 2 saturated heterocycles. The first-order chi connectivity index (χ1) is 22.9. The van der Waals surface area contributed by atoms with Crippen molar-refractivity contribution in [2.24, 2.45) is 5.92 Å². The number of H-pyrrole nitrogens is 1. The number of imide groups is 1. The van der Waals surface area contributed by atoms with E-state index < -0.39 is 12.1 Å². The lowest BCUT2D eigenvalue weighted by molar-refractivity contribution is -0.265. The summed E-state index contributed by atoms with van der Waals surface area (Å²) < 4.78 is 0. The SMILES string of the molecule is O=C([O-])N(CC=CC1CCN(CCC(CN2C(=O)N[C@H](Cc3c[nH]c4ccccc34)C2=O)c2ccccc2)CC1)Cc1ccccc1. The molecule has 6 rings (SSSR count). The Kier molecular flexibility index (Phi) is 10.3. The number of hydrogen-bond acceptors (Lipinski definition) is 5. The van der Waals surface area contributed by atoms with Crippen molar-refractivity contribution in [3.63, 3.8) is 0 Å². The molecule has 0 aliphatic carbocycles. The van der Waals surface area contributed by atoms with Gasteiger partial charge in [-0.05, 0) is 67.6 Å². The zero-order valence-corrected chi connectivity index (χ0v) is 26.6. The van der Waals surface area contributed by atoms with Gasteiger partial charge >= 0.3 is 6.03 Å². The fourth-order valence-electron chi connectivity index (χ4n) is 6.81. The first-order valence-corrected chi connectivity index (χ1v) is 16.6. The lowest BCUT2D eigenvalue weighted by Crippen LogP contribution is -2.40. The van der Waals surface area contributed by atoms with Crippen LogP contribution in [0.15, 0.2) is 103 Å². The molecule has 2 N–H and O–H groups in total. The van der Waals surface area contributed by atoms with Crippen LogP contribution >= 0.6 is 0 Å². The number of benzene rings is 3. The van der Waals surface area contributed by atoms with Gasteiger partial charge in [-0.25, -0.2) is 4.79 Å². The van der Waals surface area contributed by atoms with Gasteiger partial charge in [-0.3, -0.25) is 9.69 Å². The molecule has 4 aromatic rings. The Morgan fingerprint density at radius 2 is 1.66 bits per heavy atom. The molecular formula is C38H42N5O4-. The monoisotopic (exact) mass is 632 g/mol. The number of nitrogens with one attached hydrogen (secondary N) is 2. The molecule has 2 aliphatic heterocycles. The molecule has 4 amide bonds. The van der Waals surface area contributed by atoms with Crippen LogP contribution in [0.5, 0.6) is 0 Å². The number of fused-ring (bicyclic) bond motifs is 1. The Labute approximate surface area is 275 Å². The van der Waals surface area contributed by atoms with E-state index in [1.54, 1.807) is 0 Å². The molecule has 9 heteroatoms. The molecule has 47 heavy (non-hydrogen) atoms. The number of carbonyl (C=O) groups is 3. The Balaban J connectivity index is 1.01.